The van der Waals surface area contributed by atoms with Crippen LogP contribution in [0.1, 0.15) is 59.3 Å². The third-order valence-corrected chi connectivity index (χ3v) is 4.31. The van der Waals surface area contributed by atoms with Gasteiger partial charge >= 0.3 is 5.97 Å². The molecule has 4 atom stereocenters. The van der Waals surface area contributed by atoms with E-state index in [1.807, 2.05) is 0 Å². The van der Waals surface area contributed by atoms with E-state index >= 15 is 0 Å². The molecule has 2 rings (SSSR count). The molecule has 1 saturated carbocycles. The minimum atomic E-state index is -0.0190. The average molecular weight is 268 g/mol. The summed E-state index contributed by atoms with van der Waals surface area (Å²) in [5, 5.41) is 0. The van der Waals surface area contributed by atoms with Crippen molar-refractivity contribution >= 4 is 5.97 Å². The highest BCUT2D eigenvalue weighted by atomic mass is 16.6. The van der Waals surface area contributed by atoms with Crippen LogP contribution in [0.3, 0.4) is 0 Å². The van der Waals surface area contributed by atoms with E-state index < -0.39 is 0 Å². The van der Waals surface area contributed by atoms with Crippen LogP contribution in [-0.4, -0.2) is 24.8 Å². The Bertz CT molecular complexity index is 300. The molecule has 1 heterocycles. The van der Waals surface area contributed by atoms with Crippen molar-refractivity contribution in [2.75, 3.05) is 6.61 Å². The van der Waals surface area contributed by atoms with Gasteiger partial charge in [-0.2, -0.15) is 0 Å². The lowest BCUT2D eigenvalue weighted by molar-refractivity contribution is -0.145. The molecule has 0 aromatic heterocycles. The van der Waals surface area contributed by atoms with Crippen LogP contribution < -0.4 is 0 Å². The first kappa shape index (κ1) is 14.8. The van der Waals surface area contributed by atoms with Gasteiger partial charge in [0.05, 0.1) is 18.8 Å². The molecule has 0 spiro atoms. The van der Waals surface area contributed by atoms with Gasteiger partial charge in [0.15, 0.2) is 0 Å². The minimum absolute atomic E-state index is 0.0190. The lowest BCUT2D eigenvalue weighted by Gasteiger charge is -2.19. The molecule has 1 aliphatic heterocycles. The third-order valence-electron chi connectivity index (χ3n) is 4.31. The second-order valence-electron chi connectivity index (χ2n) is 6.85. The van der Waals surface area contributed by atoms with Crippen molar-refractivity contribution in [1.29, 1.82) is 0 Å². The highest BCUT2D eigenvalue weighted by molar-refractivity contribution is 5.69. The zero-order chi connectivity index (χ0) is 13.8. The smallest absolute Gasteiger partial charge is 0.305 e. The molecule has 19 heavy (non-hydrogen) atoms. The van der Waals surface area contributed by atoms with Gasteiger partial charge in [0, 0.05) is 6.42 Å². The van der Waals surface area contributed by atoms with E-state index in [9.17, 15) is 4.79 Å². The first-order valence-electron chi connectivity index (χ1n) is 7.85. The van der Waals surface area contributed by atoms with Crippen LogP contribution in [0, 0.1) is 17.8 Å². The predicted octanol–water partition coefficient (Wildman–Crippen LogP) is 3.56. The fourth-order valence-corrected chi connectivity index (χ4v) is 3.21. The summed E-state index contributed by atoms with van der Waals surface area (Å²) in [7, 11) is 0. The van der Waals surface area contributed by atoms with Crippen LogP contribution in [-0.2, 0) is 14.3 Å². The maximum Gasteiger partial charge on any atom is 0.305 e. The van der Waals surface area contributed by atoms with E-state index in [0.717, 1.165) is 25.7 Å². The molecule has 0 aromatic rings. The van der Waals surface area contributed by atoms with Crippen LogP contribution in [0.4, 0.5) is 0 Å². The van der Waals surface area contributed by atoms with Gasteiger partial charge in [0.2, 0.25) is 0 Å². The molecule has 0 radical (unpaired) electrons. The van der Waals surface area contributed by atoms with Gasteiger partial charge in [-0.05, 0) is 49.9 Å². The van der Waals surface area contributed by atoms with Gasteiger partial charge in [-0.15, -0.1) is 0 Å². The highest BCUT2D eigenvalue weighted by Crippen LogP contribution is 2.39. The van der Waals surface area contributed by atoms with Gasteiger partial charge in [-0.1, -0.05) is 20.8 Å². The molecule has 2 aliphatic rings. The molecule has 1 saturated heterocycles. The van der Waals surface area contributed by atoms with Crippen LogP contribution in [0.25, 0.3) is 0 Å². The topological polar surface area (TPSA) is 38.8 Å². The van der Waals surface area contributed by atoms with Crippen molar-refractivity contribution in [2.45, 2.75) is 71.5 Å². The van der Waals surface area contributed by atoms with Crippen molar-refractivity contribution in [3.63, 3.8) is 0 Å². The Hall–Kier alpha value is -0.570. The Balaban J connectivity index is 1.54. The molecule has 3 nitrogen and oxygen atoms in total. The molecular weight excluding hydrogens is 240 g/mol. The largest absolute Gasteiger partial charge is 0.465 e. The summed E-state index contributed by atoms with van der Waals surface area (Å²) >= 11 is 0. The zero-order valence-electron chi connectivity index (χ0n) is 12.6. The minimum Gasteiger partial charge on any atom is -0.465 e. The van der Waals surface area contributed by atoms with Gasteiger partial charge in [0.1, 0.15) is 0 Å². The zero-order valence-corrected chi connectivity index (χ0v) is 12.6. The summed E-state index contributed by atoms with van der Waals surface area (Å²) < 4.78 is 10.9. The quantitative estimate of drug-likeness (QED) is 0.523. The highest BCUT2D eigenvalue weighted by Gasteiger charge is 2.43. The average Bonchev–Trinajstić information content (AvgIpc) is 3.11. The van der Waals surface area contributed by atoms with E-state index in [4.69, 9.17) is 9.47 Å². The molecule has 0 amide bonds. The lowest BCUT2D eigenvalue weighted by Crippen LogP contribution is -2.20. The number of esters is 1. The van der Waals surface area contributed by atoms with Crippen molar-refractivity contribution in [3.8, 4) is 0 Å². The normalized spacial score (nSPS) is 30.8. The van der Waals surface area contributed by atoms with Gasteiger partial charge in [-0.3, -0.25) is 4.79 Å². The molecule has 2 fully saturated rings. The number of epoxide rings is 1. The maximum absolute atomic E-state index is 11.7. The van der Waals surface area contributed by atoms with Crippen LogP contribution in [0.2, 0.25) is 0 Å². The Labute approximate surface area is 117 Å². The summed E-state index contributed by atoms with van der Waals surface area (Å²) in [6, 6.07) is 0. The van der Waals surface area contributed by atoms with Crippen LogP contribution >= 0.6 is 0 Å². The van der Waals surface area contributed by atoms with Crippen LogP contribution in [0.5, 0.6) is 0 Å². The summed E-state index contributed by atoms with van der Waals surface area (Å²) in [5.74, 6) is 1.83. The van der Waals surface area contributed by atoms with Gasteiger partial charge < -0.3 is 9.47 Å². The van der Waals surface area contributed by atoms with Crippen molar-refractivity contribution in [2.24, 2.45) is 17.8 Å². The monoisotopic (exact) mass is 268 g/mol. The Kier molecular flexibility index (Phi) is 5.26. The van der Waals surface area contributed by atoms with Crippen LogP contribution in [0.15, 0.2) is 0 Å². The van der Waals surface area contributed by atoms with Crippen molar-refractivity contribution in [1.82, 2.24) is 0 Å². The predicted molar refractivity (Wildman–Crippen MR) is 74.8 cm³/mol. The molecule has 1 aliphatic carbocycles. The van der Waals surface area contributed by atoms with E-state index in [0.29, 0.717) is 43.0 Å². The third kappa shape index (κ3) is 5.13. The molecule has 3 unspecified atom stereocenters. The molecule has 110 valence electrons. The Morgan fingerprint density at radius 2 is 2.05 bits per heavy atom. The second-order valence-corrected chi connectivity index (χ2v) is 6.85. The number of ether oxygens (including phenoxy) is 2. The number of carbonyl (C=O) groups is 1. The number of hydrogen-bond acceptors (Lipinski definition) is 3. The fourth-order valence-electron chi connectivity index (χ4n) is 3.21. The molecular formula is C16H28O3. The van der Waals surface area contributed by atoms with E-state index in [1.165, 1.54) is 6.42 Å². The number of carbonyl (C=O) groups excluding carboxylic acids is 1. The summed E-state index contributed by atoms with van der Waals surface area (Å²) in [6.07, 6.45) is 7.11. The first-order chi connectivity index (χ1) is 9.04. The summed E-state index contributed by atoms with van der Waals surface area (Å²) in [5.41, 5.74) is 0. The Morgan fingerprint density at radius 3 is 2.74 bits per heavy atom. The van der Waals surface area contributed by atoms with Gasteiger partial charge in [-0.25, -0.2) is 0 Å². The first-order valence-corrected chi connectivity index (χ1v) is 7.85. The molecule has 3 heteroatoms. The molecule has 0 aromatic carbocycles. The van der Waals surface area contributed by atoms with Crippen molar-refractivity contribution in [3.05, 3.63) is 0 Å². The summed E-state index contributed by atoms with van der Waals surface area (Å²) in [6.45, 7) is 7.28. The SMILES string of the molecule is CC(C)CC(C)CCC(=O)OCC1CCC2O[C@@H]2C1. The second kappa shape index (κ2) is 6.74. The number of rotatable bonds is 7. The molecule has 0 N–H and O–H groups in total. The lowest BCUT2D eigenvalue weighted by atomic mass is 9.90. The van der Waals surface area contributed by atoms with E-state index in [-0.39, 0.29) is 5.97 Å². The fraction of sp³-hybridized carbons (Fsp3) is 0.938. The van der Waals surface area contributed by atoms with E-state index in [1.54, 1.807) is 0 Å². The van der Waals surface area contributed by atoms with Crippen molar-refractivity contribution < 1.29 is 14.3 Å². The summed E-state index contributed by atoms with van der Waals surface area (Å²) in [4.78, 5) is 11.7. The van der Waals surface area contributed by atoms with Gasteiger partial charge in [0.25, 0.3) is 0 Å². The standard InChI is InChI=1S/C16H28O3/c1-11(2)8-12(3)4-7-16(17)18-10-13-5-6-14-15(9-13)19-14/h11-15H,4-10H2,1-3H3/t12?,13?,14?,15-/m1/s1. The molecule has 0 bridgehead atoms. The number of hydrogen-bond donors (Lipinski definition) is 0. The Morgan fingerprint density at radius 1 is 1.26 bits per heavy atom. The van der Waals surface area contributed by atoms with E-state index in [2.05, 4.69) is 20.8 Å². The maximum atomic E-state index is 11.7. The number of fused-ring (bicyclic) bond motifs is 1.